The third-order valence-electron chi connectivity index (χ3n) is 2.99. The van der Waals surface area contributed by atoms with Gasteiger partial charge in [0, 0.05) is 11.6 Å². The van der Waals surface area contributed by atoms with E-state index in [9.17, 15) is 0 Å². The Morgan fingerprint density at radius 1 is 1.05 bits per heavy atom. The normalized spacial score (nSPS) is 10.7. The molecule has 0 radical (unpaired) electrons. The highest BCUT2D eigenvalue weighted by Gasteiger charge is 2.01. The minimum absolute atomic E-state index is 0.00365. The Kier molecular flexibility index (Phi) is 3.56. The monoisotopic (exact) mass is 266 g/mol. The quantitative estimate of drug-likeness (QED) is 0.788. The summed E-state index contributed by atoms with van der Waals surface area (Å²) < 4.78 is 5.65. The Labute approximate surface area is 116 Å². The Balaban J connectivity index is 1.76. The second-order valence-corrected chi connectivity index (χ2v) is 4.44. The van der Waals surface area contributed by atoms with Crippen molar-refractivity contribution >= 4 is 10.9 Å². The van der Waals surface area contributed by atoms with Crippen molar-refractivity contribution in [1.82, 2.24) is 9.97 Å². The van der Waals surface area contributed by atoms with Crippen LogP contribution < -0.4 is 4.74 Å². The molecule has 4 heteroatoms. The summed E-state index contributed by atoms with van der Waals surface area (Å²) in [5, 5.41) is 10.1. The van der Waals surface area contributed by atoms with Gasteiger partial charge in [-0.3, -0.25) is 0 Å². The summed E-state index contributed by atoms with van der Waals surface area (Å²) in [5.41, 5.74) is 1.73. The summed E-state index contributed by atoms with van der Waals surface area (Å²) in [6.07, 6.45) is 1.80. The van der Waals surface area contributed by atoms with Gasteiger partial charge in [0.05, 0.1) is 12.1 Å². The molecule has 0 amide bonds. The third kappa shape index (κ3) is 2.75. The highest BCUT2D eigenvalue weighted by Crippen LogP contribution is 2.15. The van der Waals surface area contributed by atoms with E-state index in [1.807, 2.05) is 42.5 Å². The Bertz CT molecular complexity index is 728. The molecule has 0 unspecified atom stereocenters. The Morgan fingerprint density at radius 2 is 1.95 bits per heavy atom. The molecular formula is C16H14N2O2. The van der Waals surface area contributed by atoms with Gasteiger partial charge in [0.25, 0.3) is 0 Å². The molecule has 2 aromatic carbocycles. The predicted molar refractivity (Wildman–Crippen MR) is 76.2 cm³/mol. The molecule has 0 fully saturated rings. The zero-order valence-corrected chi connectivity index (χ0v) is 10.9. The van der Waals surface area contributed by atoms with Crippen LogP contribution in [0.5, 0.6) is 5.75 Å². The molecule has 0 spiro atoms. The van der Waals surface area contributed by atoms with Gasteiger partial charge in [0.1, 0.15) is 12.4 Å². The number of ether oxygens (including phenoxy) is 1. The molecule has 0 bridgehead atoms. The second kappa shape index (κ2) is 5.67. The second-order valence-electron chi connectivity index (χ2n) is 4.44. The number of benzene rings is 2. The molecule has 1 heterocycles. The fraction of sp³-hybridized carbons (Fsp3) is 0.125. The van der Waals surface area contributed by atoms with Crippen molar-refractivity contribution in [2.75, 3.05) is 0 Å². The molecule has 100 valence electrons. The van der Waals surface area contributed by atoms with E-state index in [2.05, 4.69) is 9.97 Å². The summed E-state index contributed by atoms with van der Waals surface area (Å²) in [6, 6.07) is 15.2. The fourth-order valence-corrected chi connectivity index (χ4v) is 1.96. The first-order valence-corrected chi connectivity index (χ1v) is 6.38. The van der Waals surface area contributed by atoms with Gasteiger partial charge in [-0.15, -0.1) is 0 Å². The first kappa shape index (κ1) is 12.6. The van der Waals surface area contributed by atoms with Crippen molar-refractivity contribution in [3.63, 3.8) is 0 Å². The van der Waals surface area contributed by atoms with Crippen molar-refractivity contribution in [3.05, 3.63) is 66.1 Å². The van der Waals surface area contributed by atoms with Crippen molar-refractivity contribution in [2.24, 2.45) is 0 Å². The molecule has 20 heavy (non-hydrogen) atoms. The number of aliphatic hydroxyl groups excluding tert-OH is 1. The lowest BCUT2D eigenvalue weighted by Crippen LogP contribution is -2.01. The van der Waals surface area contributed by atoms with Gasteiger partial charge in [0.2, 0.25) is 0 Å². The predicted octanol–water partition coefficient (Wildman–Crippen LogP) is 2.70. The zero-order chi connectivity index (χ0) is 13.8. The van der Waals surface area contributed by atoms with Crippen LogP contribution in [0.3, 0.4) is 0 Å². The van der Waals surface area contributed by atoms with Gasteiger partial charge in [-0.25, -0.2) is 9.97 Å². The van der Waals surface area contributed by atoms with Crippen LogP contribution in [0.2, 0.25) is 0 Å². The van der Waals surface area contributed by atoms with Crippen molar-refractivity contribution in [2.45, 2.75) is 13.2 Å². The maximum Gasteiger partial charge on any atom is 0.166 e. The molecule has 0 aliphatic heterocycles. The topological polar surface area (TPSA) is 55.2 Å². The van der Waals surface area contributed by atoms with Crippen LogP contribution in [0, 0.1) is 0 Å². The lowest BCUT2D eigenvalue weighted by Gasteiger charge is -2.07. The summed E-state index contributed by atoms with van der Waals surface area (Å²) in [5.74, 6) is 1.34. The third-order valence-corrected chi connectivity index (χ3v) is 2.99. The van der Waals surface area contributed by atoms with Crippen molar-refractivity contribution in [3.8, 4) is 5.75 Å². The standard InChI is InChI=1S/C16H14N2O2/c19-10-12-4-3-6-14(8-12)20-11-16-17-9-13-5-1-2-7-15(13)18-16/h1-9,19H,10-11H2. The summed E-state index contributed by atoms with van der Waals surface area (Å²) in [6.45, 7) is 0.309. The van der Waals surface area contributed by atoms with E-state index in [0.29, 0.717) is 18.2 Å². The van der Waals surface area contributed by atoms with Crippen LogP contribution in [0.25, 0.3) is 10.9 Å². The van der Waals surface area contributed by atoms with E-state index < -0.39 is 0 Å². The van der Waals surface area contributed by atoms with Crippen LogP contribution in [0.4, 0.5) is 0 Å². The SMILES string of the molecule is OCc1cccc(OCc2ncc3ccccc3n2)c1. The van der Waals surface area contributed by atoms with Gasteiger partial charge in [0.15, 0.2) is 5.82 Å². The molecule has 0 saturated heterocycles. The summed E-state index contributed by atoms with van der Waals surface area (Å²) in [7, 11) is 0. The van der Waals surface area contributed by atoms with Crippen LogP contribution in [0.1, 0.15) is 11.4 Å². The van der Waals surface area contributed by atoms with Crippen molar-refractivity contribution in [1.29, 1.82) is 0 Å². The first-order chi connectivity index (χ1) is 9.85. The average Bonchev–Trinajstić information content (AvgIpc) is 2.53. The van der Waals surface area contributed by atoms with Crippen LogP contribution >= 0.6 is 0 Å². The minimum Gasteiger partial charge on any atom is -0.486 e. The number of nitrogens with zero attached hydrogens (tertiary/aromatic N) is 2. The van der Waals surface area contributed by atoms with Gasteiger partial charge in [-0.2, -0.15) is 0 Å². The van der Waals surface area contributed by atoms with Gasteiger partial charge < -0.3 is 9.84 Å². The van der Waals surface area contributed by atoms with Gasteiger partial charge in [-0.1, -0.05) is 30.3 Å². The lowest BCUT2D eigenvalue weighted by molar-refractivity contribution is 0.276. The van der Waals surface area contributed by atoms with E-state index in [4.69, 9.17) is 9.84 Å². The van der Waals surface area contributed by atoms with Crippen LogP contribution in [-0.4, -0.2) is 15.1 Å². The summed E-state index contributed by atoms with van der Waals surface area (Å²) in [4.78, 5) is 8.73. The van der Waals surface area contributed by atoms with E-state index >= 15 is 0 Å². The van der Waals surface area contributed by atoms with E-state index in [0.717, 1.165) is 16.5 Å². The number of hydrogen-bond acceptors (Lipinski definition) is 4. The highest BCUT2D eigenvalue weighted by atomic mass is 16.5. The van der Waals surface area contributed by atoms with Gasteiger partial charge in [-0.05, 0) is 23.8 Å². The van der Waals surface area contributed by atoms with Crippen molar-refractivity contribution < 1.29 is 9.84 Å². The van der Waals surface area contributed by atoms with Gasteiger partial charge >= 0.3 is 0 Å². The molecule has 3 aromatic rings. The molecule has 1 aromatic heterocycles. The number of hydrogen-bond donors (Lipinski definition) is 1. The van der Waals surface area contributed by atoms with E-state index in [-0.39, 0.29) is 6.61 Å². The minimum atomic E-state index is 0.00365. The Hall–Kier alpha value is -2.46. The first-order valence-electron chi connectivity index (χ1n) is 6.38. The summed E-state index contributed by atoms with van der Waals surface area (Å²) >= 11 is 0. The number of rotatable bonds is 4. The fourth-order valence-electron chi connectivity index (χ4n) is 1.96. The zero-order valence-electron chi connectivity index (χ0n) is 10.9. The number of fused-ring (bicyclic) bond motifs is 1. The molecule has 1 N–H and O–H groups in total. The number of para-hydroxylation sites is 1. The molecular weight excluding hydrogens is 252 g/mol. The van der Waals surface area contributed by atoms with E-state index in [1.165, 1.54) is 0 Å². The molecule has 3 rings (SSSR count). The molecule has 0 atom stereocenters. The van der Waals surface area contributed by atoms with E-state index in [1.54, 1.807) is 12.3 Å². The van der Waals surface area contributed by atoms with Crippen LogP contribution in [0.15, 0.2) is 54.7 Å². The smallest absolute Gasteiger partial charge is 0.166 e. The average molecular weight is 266 g/mol. The largest absolute Gasteiger partial charge is 0.486 e. The molecule has 4 nitrogen and oxygen atoms in total. The number of aromatic nitrogens is 2. The Morgan fingerprint density at radius 3 is 2.85 bits per heavy atom. The molecule has 0 aliphatic carbocycles. The molecule has 0 saturated carbocycles. The lowest BCUT2D eigenvalue weighted by atomic mass is 10.2. The van der Waals surface area contributed by atoms with Crippen LogP contribution in [-0.2, 0) is 13.2 Å². The number of aliphatic hydroxyl groups is 1. The molecule has 0 aliphatic rings. The maximum atomic E-state index is 9.09. The highest BCUT2D eigenvalue weighted by molar-refractivity contribution is 5.77. The maximum absolute atomic E-state index is 9.09.